The number of rotatable bonds is 9. The van der Waals surface area contributed by atoms with Crippen molar-refractivity contribution in [2.45, 2.75) is 26.2 Å². The Kier molecular flexibility index (Phi) is 7.30. The van der Waals surface area contributed by atoms with Crippen LogP contribution in [0.3, 0.4) is 0 Å². The quantitative estimate of drug-likeness (QED) is 0.735. The molecular weight excluding hydrogens is 300 g/mol. The summed E-state index contributed by atoms with van der Waals surface area (Å²) in [4.78, 5) is 14.2. The molecule has 0 aliphatic carbocycles. The van der Waals surface area contributed by atoms with E-state index in [0.29, 0.717) is 6.42 Å². The van der Waals surface area contributed by atoms with Crippen molar-refractivity contribution in [1.82, 2.24) is 4.90 Å². The van der Waals surface area contributed by atoms with Gasteiger partial charge in [-0.25, -0.2) is 0 Å². The Morgan fingerprint density at radius 1 is 1.00 bits per heavy atom. The fourth-order valence-electron chi connectivity index (χ4n) is 2.29. The van der Waals surface area contributed by atoms with E-state index in [2.05, 4.69) is 24.2 Å². The van der Waals surface area contributed by atoms with Crippen LogP contribution in [0.25, 0.3) is 0 Å². The Bertz CT molecular complexity index is 611. The van der Waals surface area contributed by atoms with Gasteiger partial charge >= 0.3 is 0 Å². The van der Waals surface area contributed by atoms with Gasteiger partial charge in [0.05, 0.1) is 0 Å². The molecule has 1 N–H and O–H groups in total. The summed E-state index contributed by atoms with van der Waals surface area (Å²) < 4.78 is 5.74. The first kappa shape index (κ1) is 18.0. The van der Waals surface area contributed by atoms with E-state index in [0.717, 1.165) is 30.3 Å². The predicted molar refractivity (Wildman–Crippen MR) is 98.6 cm³/mol. The number of hydrogen-bond donors (Lipinski definition) is 1. The van der Waals surface area contributed by atoms with E-state index in [9.17, 15) is 4.79 Å². The second-order valence-corrected chi connectivity index (χ2v) is 5.89. The van der Waals surface area contributed by atoms with E-state index in [1.807, 2.05) is 54.6 Å². The van der Waals surface area contributed by atoms with Crippen molar-refractivity contribution in [3.8, 4) is 11.5 Å². The minimum Gasteiger partial charge on any atom is -0.457 e. The molecule has 2 aromatic rings. The molecule has 0 saturated carbocycles. The molecule has 0 bridgehead atoms. The lowest BCUT2D eigenvalue weighted by Gasteiger charge is -2.15. The monoisotopic (exact) mass is 326 g/mol. The van der Waals surface area contributed by atoms with Gasteiger partial charge in [0.15, 0.2) is 0 Å². The number of benzene rings is 2. The zero-order chi connectivity index (χ0) is 17.2. The molecule has 0 spiro atoms. The van der Waals surface area contributed by atoms with Gasteiger partial charge in [-0.1, -0.05) is 31.5 Å². The minimum atomic E-state index is 0.0371. The van der Waals surface area contributed by atoms with Crippen LogP contribution in [0.2, 0.25) is 0 Å². The third kappa shape index (κ3) is 6.42. The molecule has 24 heavy (non-hydrogen) atoms. The van der Waals surface area contributed by atoms with Gasteiger partial charge in [-0.05, 0) is 56.4 Å². The summed E-state index contributed by atoms with van der Waals surface area (Å²) in [6.45, 7) is 3.99. The first-order chi connectivity index (χ1) is 11.7. The van der Waals surface area contributed by atoms with Crippen LogP contribution in [-0.4, -0.2) is 30.9 Å². The molecule has 2 aromatic carbocycles. The summed E-state index contributed by atoms with van der Waals surface area (Å²) in [5.74, 6) is 1.58. The first-order valence-corrected chi connectivity index (χ1v) is 8.48. The van der Waals surface area contributed by atoms with Crippen molar-refractivity contribution in [3.05, 3.63) is 54.6 Å². The SMILES string of the molecule is CCCCN(C)CCC(=O)Nc1ccc(Oc2ccccc2)cc1. The Hall–Kier alpha value is -2.33. The first-order valence-electron chi connectivity index (χ1n) is 8.48. The normalized spacial score (nSPS) is 10.6. The summed E-state index contributed by atoms with van der Waals surface area (Å²) >= 11 is 0. The van der Waals surface area contributed by atoms with Crippen molar-refractivity contribution < 1.29 is 9.53 Å². The largest absolute Gasteiger partial charge is 0.457 e. The van der Waals surface area contributed by atoms with Crippen LogP contribution in [0.4, 0.5) is 5.69 Å². The highest BCUT2D eigenvalue weighted by molar-refractivity contribution is 5.90. The highest BCUT2D eigenvalue weighted by atomic mass is 16.5. The van der Waals surface area contributed by atoms with Crippen molar-refractivity contribution in [2.24, 2.45) is 0 Å². The molecular formula is C20H26N2O2. The maximum Gasteiger partial charge on any atom is 0.225 e. The van der Waals surface area contributed by atoms with E-state index in [1.54, 1.807) is 0 Å². The predicted octanol–water partition coefficient (Wildman–Crippen LogP) is 4.54. The highest BCUT2D eigenvalue weighted by Gasteiger charge is 2.05. The van der Waals surface area contributed by atoms with Gasteiger partial charge in [-0.2, -0.15) is 0 Å². The number of para-hydroxylation sites is 1. The van der Waals surface area contributed by atoms with Crippen LogP contribution in [0, 0.1) is 0 Å². The van der Waals surface area contributed by atoms with E-state index >= 15 is 0 Å². The highest BCUT2D eigenvalue weighted by Crippen LogP contribution is 2.22. The molecule has 4 heteroatoms. The summed E-state index contributed by atoms with van der Waals surface area (Å²) in [6.07, 6.45) is 2.84. The lowest BCUT2D eigenvalue weighted by molar-refractivity contribution is -0.116. The van der Waals surface area contributed by atoms with Crippen molar-refractivity contribution >= 4 is 11.6 Å². The molecule has 0 heterocycles. The van der Waals surface area contributed by atoms with Crippen LogP contribution < -0.4 is 10.1 Å². The van der Waals surface area contributed by atoms with Crippen LogP contribution in [0.1, 0.15) is 26.2 Å². The third-order valence-electron chi connectivity index (χ3n) is 3.73. The summed E-state index contributed by atoms with van der Waals surface area (Å²) in [5.41, 5.74) is 0.789. The standard InChI is InChI=1S/C20H26N2O2/c1-3-4-15-22(2)16-14-20(23)21-17-10-12-19(13-11-17)24-18-8-6-5-7-9-18/h5-13H,3-4,14-16H2,1-2H3,(H,21,23). The number of amides is 1. The minimum absolute atomic E-state index is 0.0371. The topological polar surface area (TPSA) is 41.6 Å². The smallest absolute Gasteiger partial charge is 0.225 e. The zero-order valence-electron chi connectivity index (χ0n) is 14.5. The van der Waals surface area contributed by atoms with Crippen LogP contribution in [-0.2, 0) is 4.79 Å². The van der Waals surface area contributed by atoms with E-state index in [4.69, 9.17) is 4.74 Å². The van der Waals surface area contributed by atoms with Gasteiger partial charge in [0.25, 0.3) is 0 Å². The lowest BCUT2D eigenvalue weighted by Crippen LogP contribution is -2.25. The van der Waals surface area contributed by atoms with E-state index < -0.39 is 0 Å². The van der Waals surface area contributed by atoms with Gasteiger partial charge < -0.3 is 15.0 Å². The molecule has 0 radical (unpaired) electrons. The average Bonchev–Trinajstić information content (AvgIpc) is 2.61. The zero-order valence-corrected chi connectivity index (χ0v) is 14.5. The molecule has 128 valence electrons. The fraction of sp³-hybridized carbons (Fsp3) is 0.350. The van der Waals surface area contributed by atoms with Crippen LogP contribution >= 0.6 is 0 Å². The maximum atomic E-state index is 12.0. The molecule has 0 atom stereocenters. The molecule has 2 rings (SSSR count). The molecule has 0 unspecified atom stereocenters. The summed E-state index contributed by atoms with van der Waals surface area (Å²) in [7, 11) is 2.05. The van der Waals surface area contributed by atoms with Crippen molar-refractivity contribution in [1.29, 1.82) is 0 Å². The van der Waals surface area contributed by atoms with E-state index in [-0.39, 0.29) is 5.91 Å². The summed E-state index contributed by atoms with van der Waals surface area (Å²) in [6, 6.07) is 17.1. The fourth-order valence-corrected chi connectivity index (χ4v) is 2.29. The molecule has 0 aliphatic heterocycles. The van der Waals surface area contributed by atoms with Crippen LogP contribution in [0.15, 0.2) is 54.6 Å². The van der Waals surface area contributed by atoms with Crippen LogP contribution in [0.5, 0.6) is 11.5 Å². The third-order valence-corrected chi connectivity index (χ3v) is 3.73. The number of nitrogens with zero attached hydrogens (tertiary/aromatic N) is 1. The molecule has 4 nitrogen and oxygen atoms in total. The Balaban J connectivity index is 1.77. The second kappa shape index (κ2) is 9.73. The van der Waals surface area contributed by atoms with Crippen molar-refractivity contribution in [3.63, 3.8) is 0 Å². The Morgan fingerprint density at radius 3 is 2.33 bits per heavy atom. The van der Waals surface area contributed by atoms with E-state index in [1.165, 1.54) is 12.8 Å². The lowest BCUT2D eigenvalue weighted by atomic mass is 10.2. The number of unbranched alkanes of at least 4 members (excludes halogenated alkanes) is 1. The maximum absolute atomic E-state index is 12.0. The van der Waals surface area contributed by atoms with Gasteiger partial charge in [-0.15, -0.1) is 0 Å². The number of anilines is 1. The second-order valence-electron chi connectivity index (χ2n) is 5.89. The van der Waals surface area contributed by atoms with Gasteiger partial charge in [-0.3, -0.25) is 4.79 Å². The van der Waals surface area contributed by atoms with Gasteiger partial charge in [0.1, 0.15) is 11.5 Å². The number of hydrogen-bond acceptors (Lipinski definition) is 3. The number of nitrogens with one attached hydrogen (secondary N) is 1. The molecule has 0 saturated heterocycles. The molecule has 1 amide bonds. The average molecular weight is 326 g/mol. The Labute approximate surface area is 144 Å². The van der Waals surface area contributed by atoms with Crippen molar-refractivity contribution in [2.75, 3.05) is 25.5 Å². The number of ether oxygens (including phenoxy) is 1. The summed E-state index contributed by atoms with van der Waals surface area (Å²) in [5, 5.41) is 2.92. The molecule has 0 aromatic heterocycles. The number of carbonyl (C=O) groups is 1. The molecule has 0 fully saturated rings. The van der Waals surface area contributed by atoms with Gasteiger partial charge in [0.2, 0.25) is 5.91 Å². The van der Waals surface area contributed by atoms with Gasteiger partial charge in [0, 0.05) is 18.7 Å². The Morgan fingerprint density at radius 2 is 1.67 bits per heavy atom. The molecule has 0 aliphatic rings. The number of carbonyl (C=O) groups excluding carboxylic acids is 1.